The molecule has 0 saturated carbocycles. The topological polar surface area (TPSA) is 68.0 Å². The molecule has 1 N–H and O–H groups in total. The Morgan fingerprint density at radius 2 is 2.25 bits per heavy atom. The van der Waals surface area contributed by atoms with Crippen LogP contribution < -0.4 is 0 Å². The molecule has 7 heteroatoms. The van der Waals surface area contributed by atoms with Gasteiger partial charge in [-0.1, -0.05) is 23.9 Å². The van der Waals surface area contributed by atoms with Gasteiger partial charge in [0.2, 0.25) is 0 Å². The van der Waals surface area contributed by atoms with Crippen LogP contribution in [0.3, 0.4) is 0 Å². The number of hydrogen-bond donors (Lipinski definition) is 1. The van der Waals surface area contributed by atoms with Crippen LogP contribution in [-0.4, -0.2) is 31.4 Å². The Morgan fingerprint density at radius 3 is 3.00 bits per heavy atom. The summed E-state index contributed by atoms with van der Waals surface area (Å²) in [7, 11) is 0. The van der Waals surface area contributed by atoms with Crippen molar-refractivity contribution in [1.82, 2.24) is 14.5 Å². The zero-order chi connectivity index (χ0) is 13.9. The molecule has 3 rings (SSSR count). The molecular weight excluding hydrogens is 294 g/mol. The zero-order valence-electron chi connectivity index (χ0n) is 10.4. The SMILES string of the molecule is O=C(O)CSc1nc2ccccc2n1Cc1nccs1. The van der Waals surface area contributed by atoms with Crippen molar-refractivity contribution in [2.24, 2.45) is 0 Å². The van der Waals surface area contributed by atoms with Gasteiger partial charge in [0.05, 0.1) is 23.3 Å². The van der Waals surface area contributed by atoms with Gasteiger partial charge in [0.1, 0.15) is 5.01 Å². The van der Waals surface area contributed by atoms with Crippen LogP contribution in [0.15, 0.2) is 41.0 Å². The Bertz CT molecular complexity index is 737. The summed E-state index contributed by atoms with van der Waals surface area (Å²) in [4.78, 5) is 19.5. The Hall–Kier alpha value is -1.86. The number of imidazole rings is 1. The van der Waals surface area contributed by atoms with Crippen molar-refractivity contribution < 1.29 is 9.90 Å². The van der Waals surface area contributed by atoms with Gasteiger partial charge in [-0.15, -0.1) is 11.3 Å². The maximum absolute atomic E-state index is 10.7. The number of carboxylic acids is 1. The first-order valence-electron chi connectivity index (χ1n) is 5.92. The largest absolute Gasteiger partial charge is 0.481 e. The highest BCUT2D eigenvalue weighted by Crippen LogP contribution is 2.25. The molecule has 102 valence electrons. The second-order valence-electron chi connectivity index (χ2n) is 4.08. The Morgan fingerprint density at radius 1 is 1.40 bits per heavy atom. The third-order valence-corrected chi connectivity index (χ3v) is 4.45. The van der Waals surface area contributed by atoms with Crippen molar-refractivity contribution in [2.45, 2.75) is 11.7 Å². The molecule has 0 unspecified atom stereocenters. The molecule has 0 saturated heterocycles. The van der Waals surface area contributed by atoms with Crippen LogP contribution in [0.2, 0.25) is 0 Å². The van der Waals surface area contributed by atoms with Crippen LogP contribution in [-0.2, 0) is 11.3 Å². The molecule has 1 aromatic carbocycles. The van der Waals surface area contributed by atoms with Crippen molar-refractivity contribution in [3.05, 3.63) is 40.8 Å². The lowest BCUT2D eigenvalue weighted by atomic mass is 10.3. The van der Waals surface area contributed by atoms with Crippen molar-refractivity contribution in [2.75, 3.05) is 5.75 Å². The van der Waals surface area contributed by atoms with Crippen molar-refractivity contribution in [3.8, 4) is 0 Å². The van der Waals surface area contributed by atoms with Gasteiger partial charge >= 0.3 is 5.97 Å². The van der Waals surface area contributed by atoms with E-state index in [1.165, 1.54) is 11.8 Å². The van der Waals surface area contributed by atoms with Gasteiger partial charge in [-0.05, 0) is 12.1 Å². The van der Waals surface area contributed by atoms with Crippen LogP contribution in [0, 0.1) is 0 Å². The van der Waals surface area contributed by atoms with Gasteiger partial charge in [-0.2, -0.15) is 0 Å². The average molecular weight is 305 g/mol. The van der Waals surface area contributed by atoms with Gasteiger partial charge < -0.3 is 9.67 Å². The summed E-state index contributed by atoms with van der Waals surface area (Å²) >= 11 is 2.81. The van der Waals surface area contributed by atoms with E-state index in [0.29, 0.717) is 11.7 Å². The Labute approximate surface area is 123 Å². The van der Waals surface area contributed by atoms with E-state index in [2.05, 4.69) is 9.97 Å². The molecule has 0 aliphatic carbocycles. The van der Waals surface area contributed by atoms with E-state index in [-0.39, 0.29) is 5.75 Å². The lowest BCUT2D eigenvalue weighted by Crippen LogP contribution is -2.04. The number of hydrogen-bond acceptors (Lipinski definition) is 5. The van der Waals surface area contributed by atoms with E-state index in [9.17, 15) is 4.79 Å². The number of rotatable bonds is 5. The quantitative estimate of drug-likeness (QED) is 0.734. The first-order chi connectivity index (χ1) is 9.74. The number of aliphatic carboxylic acids is 1. The molecule has 0 radical (unpaired) electrons. The number of carboxylic acid groups (broad SMARTS) is 1. The van der Waals surface area contributed by atoms with E-state index in [1.54, 1.807) is 17.5 Å². The highest BCUT2D eigenvalue weighted by Gasteiger charge is 2.13. The minimum Gasteiger partial charge on any atom is -0.481 e. The summed E-state index contributed by atoms with van der Waals surface area (Å²) in [5.41, 5.74) is 1.87. The van der Waals surface area contributed by atoms with Crippen molar-refractivity contribution in [3.63, 3.8) is 0 Å². The average Bonchev–Trinajstić information content (AvgIpc) is 3.05. The lowest BCUT2D eigenvalue weighted by molar-refractivity contribution is -0.133. The van der Waals surface area contributed by atoms with Crippen LogP contribution in [0.1, 0.15) is 5.01 Å². The highest BCUT2D eigenvalue weighted by molar-refractivity contribution is 7.99. The minimum atomic E-state index is -0.845. The van der Waals surface area contributed by atoms with Crippen LogP contribution in [0.4, 0.5) is 0 Å². The number of benzene rings is 1. The van der Waals surface area contributed by atoms with Crippen molar-refractivity contribution >= 4 is 40.1 Å². The van der Waals surface area contributed by atoms with Gasteiger partial charge in [0, 0.05) is 11.6 Å². The van der Waals surface area contributed by atoms with Crippen LogP contribution in [0.25, 0.3) is 11.0 Å². The molecule has 0 fully saturated rings. The highest BCUT2D eigenvalue weighted by atomic mass is 32.2. The second-order valence-corrected chi connectivity index (χ2v) is 6.00. The van der Waals surface area contributed by atoms with E-state index in [4.69, 9.17) is 5.11 Å². The molecule has 3 aromatic rings. The number of thiazole rings is 1. The van der Waals surface area contributed by atoms with E-state index < -0.39 is 5.97 Å². The van der Waals surface area contributed by atoms with Gasteiger partial charge in [0.25, 0.3) is 0 Å². The molecule has 0 spiro atoms. The summed E-state index contributed by atoms with van der Waals surface area (Å²) < 4.78 is 2.02. The van der Waals surface area contributed by atoms with E-state index >= 15 is 0 Å². The Kier molecular flexibility index (Phi) is 3.70. The number of carbonyl (C=O) groups is 1. The first kappa shape index (κ1) is 13.1. The molecule has 2 heterocycles. The third kappa shape index (κ3) is 2.68. The van der Waals surface area contributed by atoms with E-state index in [0.717, 1.165) is 16.0 Å². The minimum absolute atomic E-state index is 0.00118. The fourth-order valence-corrected chi connectivity index (χ4v) is 3.25. The number of aromatic nitrogens is 3. The molecule has 2 aromatic heterocycles. The third-order valence-electron chi connectivity index (χ3n) is 2.72. The van der Waals surface area contributed by atoms with Gasteiger partial charge in [0.15, 0.2) is 5.16 Å². The summed E-state index contributed by atoms with van der Waals surface area (Å²) in [6.07, 6.45) is 1.77. The van der Waals surface area contributed by atoms with Crippen LogP contribution >= 0.6 is 23.1 Å². The summed E-state index contributed by atoms with van der Waals surface area (Å²) in [5, 5.41) is 12.4. The molecule has 0 aliphatic heterocycles. The molecule has 0 aliphatic rings. The first-order valence-corrected chi connectivity index (χ1v) is 7.79. The predicted molar refractivity (Wildman–Crippen MR) is 79.3 cm³/mol. The normalized spacial score (nSPS) is 11.0. The van der Waals surface area contributed by atoms with Crippen molar-refractivity contribution in [1.29, 1.82) is 0 Å². The summed E-state index contributed by atoms with van der Waals surface area (Å²) in [6.45, 7) is 0.611. The monoisotopic (exact) mass is 305 g/mol. The molecule has 20 heavy (non-hydrogen) atoms. The van der Waals surface area contributed by atoms with Gasteiger partial charge in [-0.3, -0.25) is 4.79 Å². The lowest BCUT2D eigenvalue weighted by Gasteiger charge is -2.05. The van der Waals surface area contributed by atoms with Gasteiger partial charge in [-0.25, -0.2) is 9.97 Å². The summed E-state index contributed by atoms with van der Waals surface area (Å²) in [6, 6.07) is 7.79. The molecule has 0 atom stereocenters. The summed E-state index contributed by atoms with van der Waals surface area (Å²) in [5.74, 6) is -0.843. The second kappa shape index (κ2) is 5.64. The maximum Gasteiger partial charge on any atom is 0.313 e. The molecule has 0 amide bonds. The molecular formula is C13H11N3O2S2. The number of fused-ring (bicyclic) bond motifs is 1. The standard InChI is InChI=1S/C13H11N3O2S2/c17-12(18)8-20-13-15-9-3-1-2-4-10(9)16(13)7-11-14-5-6-19-11/h1-6H,7-8H2,(H,17,18). The number of thioether (sulfide) groups is 1. The zero-order valence-corrected chi connectivity index (χ0v) is 12.0. The molecule has 0 bridgehead atoms. The fourth-order valence-electron chi connectivity index (χ4n) is 1.91. The maximum atomic E-state index is 10.7. The molecule has 5 nitrogen and oxygen atoms in total. The van der Waals surface area contributed by atoms with Crippen LogP contribution in [0.5, 0.6) is 0 Å². The smallest absolute Gasteiger partial charge is 0.313 e. The van der Waals surface area contributed by atoms with E-state index in [1.807, 2.05) is 34.2 Å². The fraction of sp³-hybridized carbons (Fsp3) is 0.154. The predicted octanol–water partition coefficient (Wildman–Crippen LogP) is 2.72. The Balaban J connectivity index is 2.01. The number of para-hydroxylation sites is 2. The number of nitrogens with zero attached hydrogens (tertiary/aromatic N) is 3.